The van der Waals surface area contributed by atoms with E-state index in [9.17, 15) is 35.7 Å². The zero-order valence-electron chi connectivity index (χ0n) is 16.0. The zero-order valence-corrected chi connectivity index (χ0v) is 16.0. The lowest BCUT2D eigenvalue weighted by atomic mass is 9.97. The molecule has 0 unspecified atom stereocenters. The Labute approximate surface area is 172 Å². The molecular weight excluding hydrogens is 404 g/mol. The molecule has 0 aliphatic carbocycles. The van der Waals surface area contributed by atoms with Crippen LogP contribution in [0.3, 0.4) is 0 Å². The first-order valence-corrected chi connectivity index (χ1v) is 9.61. The molecule has 0 saturated carbocycles. The minimum absolute atomic E-state index is 0.0387. The summed E-state index contributed by atoms with van der Waals surface area (Å²) in [6.45, 7) is -1.24. The third-order valence-electron chi connectivity index (χ3n) is 5.24. The van der Waals surface area contributed by atoms with Crippen LogP contribution in [0.5, 0.6) is 0 Å². The van der Waals surface area contributed by atoms with Crippen molar-refractivity contribution in [3.63, 3.8) is 0 Å². The Balaban J connectivity index is 1.77. The molecule has 0 amide bonds. The lowest BCUT2D eigenvalue weighted by Gasteiger charge is -2.46. The van der Waals surface area contributed by atoms with Crippen molar-refractivity contribution < 1.29 is 54.7 Å². The fourth-order valence-corrected chi connectivity index (χ4v) is 3.49. The van der Waals surface area contributed by atoms with Gasteiger partial charge in [-0.3, -0.25) is 0 Å². The largest absolute Gasteiger partial charge is 0.394 e. The topological polar surface area (TPSA) is 179 Å². The Bertz CT molecular complexity index is 645. The van der Waals surface area contributed by atoms with Crippen LogP contribution in [0, 0.1) is 0 Å². The van der Waals surface area contributed by atoms with Crippen molar-refractivity contribution in [1.29, 1.82) is 0 Å². The average molecular weight is 432 g/mol. The maximum atomic E-state index is 10.6. The van der Waals surface area contributed by atoms with Crippen LogP contribution in [0.2, 0.25) is 0 Å². The monoisotopic (exact) mass is 432 g/mol. The van der Waals surface area contributed by atoms with E-state index in [4.69, 9.17) is 18.9 Å². The zero-order chi connectivity index (χ0) is 21.8. The summed E-state index contributed by atoms with van der Waals surface area (Å²) in [5.41, 5.74) is 0.773. The maximum Gasteiger partial charge on any atom is 0.187 e. The number of hydrogen-bond donors (Lipinski definition) is 7. The molecule has 2 aliphatic rings. The summed E-state index contributed by atoms with van der Waals surface area (Å²) >= 11 is 0. The van der Waals surface area contributed by atoms with Crippen LogP contribution < -0.4 is 0 Å². The van der Waals surface area contributed by atoms with Crippen molar-refractivity contribution in [1.82, 2.24) is 0 Å². The third kappa shape index (κ3) is 4.98. The van der Waals surface area contributed by atoms with Crippen molar-refractivity contribution in [2.75, 3.05) is 13.2 Å². The highest BCUT2D eigenvalue weighted by molar-refractivity contribution is 5.13. The maximum absolute atomic E-state index is 10.6. The molecule has 0 radical (unpaired) electrons. The van der Waals surface area contributed by atoms with Crippen LogP contribution in [0.1, 0.15) is 5.56 Å². The van der Waals surface area contributed by atoms with Crippen molar-refractivity contribution in [2.45, 2.75) is 68.0 Å². The van der Waals surface area contributed by atoms with E-state index < -0.39 is 74.6 Å². The first kappa shape index (κ1) is 23.4. The summed E-state index contributed by atoms with van der Waals surface area (Å²) < 4.78 is 21.8. The van der Waals surface area contributed by atoms with Gasteiger partial charge in [0.2, 0.25) is 0 Å². The van der Waals surface area contributed by atoms with E-state index in [1.807, 2.05) is 6.07 Å². The van der Waals surface area contributed by atoms with Crippen LogP contribution in [0.15, 0.2) is 30.3 Å². The molecular formula is C19H28O11. The van der Waals surface area contributed by atoms with Crippen LogP contribution in [-0.4, -0.2) is 110 Å². The average Bonchev–Trinajstić information content (AvgIpc) is 2.76. The first-order chi connectivity index (χ1) is 14.4. The van der Waals surface area contributed by atoms with E-state index >= 15 is 0 Å². The summed E-state index contributed by atoms with van der Waals surface area (Å²) in [5.74, 6) is 0. The van der Waals surface area contributed by atoms with Gasteiger partial charge in [0, 0.05) is 0 Å². The highest BCUT2D eigenvalue weighted by Gasteiger charge is 2.51. The first-order valence-electron chi connectivity index (χ1n) is 9.61. The molecule has 2 fully saturated rings. The van der Waals surface area contributed by atoms with Gasteiger partial charge in [0.1, 0.15) is 48.8 Å². The van der Waals surface area contributed by atoms with Gasteiger partial charge in [0.05, 0.1) is 19.8 Å². The highest BCUT2D eigenvalue weighted by atomic mass is 16.7. The van der Waals surface area contributed by atoms with E-state index in [2.05, 4.69) is 0 Å². The SMILES string of the molecule is OC[C@H]1O[C@H](O[C@H]2[C@@H](O)[C@@H](CO)O[C@H](O)[C@@H]2OCc2ccccc2)[C@H](O)[C@@H](O)[C@H]1O. The standard InChI is InChI=1S/C19H28O11/c20-6-10-12(22)14(24)15(25)19(29-10)30-16-13(23)11(7-21)28-18(26)17(16)27-8-9-4-2-1-3-5-9/h1-5,10-26H,6-8H2/t10-,11-,12+,13+,14+,15-,16+,17-,18+,19-/m1/s1. The van der Waals surface area contributed by atoms with E-state index in [0.717, 1.165) is 5.56 Å². The smallest absolute Gasteiger partial charge is 0.187 e. The molecule has 30 heavy (non-hydrogen) atoms. The van der Waals surface area contributed by atoms with Gasteiger partial charge >= 0.3 is 0 Å². The molecule has 0 bridgehead atoms. The van der Waals surface area contributed by atoms with Crippen LogP contribution in [0.25, 0.3) is 0 Å². The Morgan fingerprint density at radius 1 is 0.733 bits per heavy atom. The fraction of sp³-hybridized carbons (Fsp3) is 0.684. The molecule has 7 N–H and O–H groups in total. The number of aliphatic hydroxyl groups is 7. The van der Waals surface area contributed by atoms with Crippen molar-refractivity contribution in [3.8, 4) is 0 Å². The minimum Gasteiger partial charge on any atom is -0.394 e. The van der Waals surface area contributed by atoms with Crippen LogP contribution in [0.4, 0.5) is 0 Å². The molecule has 0 aromatic heterocycles. The van der Waals surface area contributed by atoms with Crippen molar-refractivity contribution >= 4 is 0 Å². The number of ether oxygens (including phenoxy) is 4. The predicted molar refractivity (Wildman–Crippen MR) is 97.6 cm³/mol. The van der Waals surface area contributed by atoms with Crippen LogP contribution in [-0.2, 0) is 25.6 Å². The Morgan fingerprint density at radius 2 is 1.37 bits per heavy atom. The van der Waals surface area contributed by atoms with Gasteiger partial charge in [-0.25, -0.2) is 0 Å². The van der Waals surface area contributed by atoms with Crippen LogP contribution >= 0.6 is 0 Å². The number of benzene rings is 1. The minimum atomic E-state index is -1.71. The molecule has 2 saturated heterocycles. The van der Waals surface area contributed by atoms with E-state index in [1.165, 1.54) is 0 Å². The molecule has 11 heteroatoms. The second kappa shape index (κ2) is 10.4. The number of rotatable bonds is 7. The van der Waals surface area contributed by atoms with Gasteiger partial charge in [-0.1, -0.05) is 30.3 Å². The van der Waals surface area contributed by atoms with Crippen molar-refractivity contribution in [3.05, 3.63) is 35.9 Å². The summed E-state index contributed by atoms with van der Waals surface area (Å²) in [5, 5.41) is 69.7. The van der Waals surface area contributed by atoms with E-state index in [0.29, 0.717) is 0 Å². The molecule has 3 rings (SSSR count). The van der Waals surface area contributed by atoms with E-state index in [-0.39, 0.29) is 6.61 Å². The summed E-state index contributed by atoms with van der Waals surface area (Å²) in [6.07, 6.45) is -14.6. The normalized spacial score (nSPS) is 42.2. The van der Waals surface area contributed by atoms with Gasteiger partial charge < -0.3 is 54.7 Å². The molecule has 2 heterocycles. The fourth-order valence-electron chi connectivity index (χ4n) is 3.49. The van der Waals surface area contributed by atoms with Gasteiger partial charge in [-0.2, -0.15) is 0 Å². The third-order valence-corrected chi connectivity index (χ3v) is 5.24. The molecule has 0 spiro atoms. The van der Waals surface area contributed by atoms with Gasteiger partial charge in [0.25, 0.3) is 0 Å². The summed E-state index contributed by atoms with van der Waals surface area (Å²) in [4.78, 5) is 0. The lowest BCUT2D eigenvalue weighted by molar-refractivity contribution is -0.360. The molecule has 1 aromatic rings. The Morgan fingerprint density at radius 3 is 2.00 bits per heavy atom. The van der Waals surface area contributed by atoms with Gasteiger partial charge in [-0.05, 0) is 5.56 Å². The molecule has 170 valence electrons. The predicted octanol–water partition coefficient (Wildman–Crippen LogP) is -3.17. The number of aliphatic hydroxyl groups excluding tert-OH is 7. The molecule has 1 aromatic carbocycles. The van der Waals surface area contributed by atoms with Crippen molar-refractivity contribution in [2.24, 2.45) is 0 Å². The highest BCUT2D eigenvalue weighted by Crippen LogP contribution is 2.30. The molecule has 2 aliphatic heterocycles. The lowest BCUT2D eigenvalue weighted by Crippen LogP contribution is -2.64. The Kier molecular flexibility index (Phi) is 8.12. The Hall–Kier alpha value is -1.22. The molecule has 10 atom stereocenters. The summed E-state index contributed by atoms with van der Waals surface area (Å²) in [6, 6.07) is 8.99. The van der Waals surface area contributed by atoms with E-state index in [1.54, 1.807) is 24.3 Å². The number of hydrogen-bond acceptors (Lipinski definition) is 11. The quantitative estimate of drug-likeness (QED) is 0.231. The van der Waals surface area contributed by atoms with Gasteiger partial charge in [-0.15, -0.1) is 0 Å². The summed E-state index contributed by atoms with van der Waals surface area (Å²) in [7, 11) is 0. The second-order valence-corrected chi connectivity index (χ2v) is 7.30. The van der Waals surface area contributed by atoms with Gasteiger partial charge in [0.15, 0.2) is 12.6 Å². The second-order valence-electron chi connectivity index (χ2n) is 7.30. The molecule has 11 nitrogen and oxygen atoms in total.